The van der Waals surface area contributed by atoms with Crippen LogP contribution in [0.1, 0.15) is 32.1 Å². The minimum atomic E-state index is 0.771. The van der Waals surface area contributed by atoms with Gasteiger partial charge in [0.15, 0.2) is 0 Å². The topological polar surface area (TPSA) is 25.4 Å². The van der Waals surface area contributed by atoms with E-state index in [1.165, 1.54) is 10.4 Å². The summed E-state index contributed by atoms with van der Waals surface area (Å²) in [6.07, 6.45) is 4.08. The third kappa shape index (κ3) is 4.82. The van der Waals surface area contributed by atoms with E-state index in [0.717, 1.165) is 49.8 Å². The van der Waals surface area contributed by atoms with Crippen molar-refractivity contribution in [1.29, 1.82) is 0 Å². The Kier molecular flexibility index (Phi) is 6.87. The molecule has 3 nitrogen and oxygen atoms in total. The predicted molar refractivity (Wildman–Crippen MR) is 94.8 cm³/mol. The molecular weight excluding hydrogens is 292 g/mol. The molecule has 0 bridgehead atoms. The highest BCUT2D eigenvalue weighted by Gasteiger charge is 2.04. The summed E-state index contributed by atoms with van der Waals surface area (Å²) in [6, 6.07) is 8.27. The van der Waals surface area contributed by atoms with E-state index in [1.807, 2.05) is 18.3 Å². The van der Waals surface area contributed by atoms with Crippen LogP contribution in [0.3, 0.4) is 0 Å². The van der Waals surface area contributed by atoms with E-state index >= 15 is 0 Å². The number of aromatic nitrogens is 1. The number of nitrogens with zero attached hydrogens (tertiary/aromatic N) is 2. The van der Waals surface area contributed by atoms with Crippen molar-refractivity contribution in [2.24, 2.45) is 0 Å². The smallest absolute Gasteiger partial charge is 0.123 e. The lowest BCUT2D eigenvalue weighted by Gasteiger charge is -2.17. The van der Waals surface area contributed by atoms with E-state index in [2.05, 4.69) is 42.8 Å². The second-order valence-electron chi connectivity index (χ2n) is 5.24. The van der Waals surface area contributed by atoms with Crippen molar-refractivity contribution in [3.63, 3.8) is 0 Å². The Bertz CT molecular complexity index is 546. The average Bonchev–Trinajstić information content (AvgIpc) is 3.05. The van der Waals surface area contributed by atoms with Gasteiger partial charge in [-0.1, -0.05) is 20.8 Å². The van der Waals surface area contributed by atoms with Gasteiger partial charge in [-0.15, -0.1) is 11.3 Å². The number of thiazole rings is 1. The number of rotatable bonds is 9. The van der Waals surface area contributed by atoms with E-state index in [1.54, 1.807) is 11.3 Å². The number of benzene rings is 1. The summed E-state index contributed by atoms with van der Waals surface area (Å²) in [7, 11) is 0. The zero-order valence-corrected chi connectivity index (χ0v) is 14.7. The Labute approximate surface area is 138 Å². The molecule has 0 amide bonds. The Balaban J connectivity index is 1.82. The van der Waals surface area contributed by atoms with Crippen LogP contribution in [0.4, 0.5) is 0 Å². The molecule has 22 heavy (non-hydrogen) atoms. The predicted octanol–water partition coefficient (Wildman–Crippen LogP) is 4.48. The Morgan fingerprint density at radius 2 is 1.82 bits per heavy atom. The number of hydrogen-bond donors (Lipinski definition) is 0. The van der Waals surface area contributed by atoms with Gasteiger partial charge in [0, 0.05) is 23.2 Å². The molecular formula is C18H26N2OS. The molecule has 0 unspecified atom stereocenters. The van der Waals surface area contributed by atoms with Gasteiger partial charge in [0.05, 0.1) is 6.61 Å². The van der Waals surface area contributed by atoms with Crippen LogP contribution in [0.5, 0.6) is 5.75 Å². The Morgan fingerprint density at radius 1 is 1.09 bits per heavy atom. The quantitative estimate of drug-likeness (QED) is 0.637. The van der Waals surface area contributed by atoms with Crippen molar-refractivity contribution >= 4 is 11.3 Å². The summed E-state index contributed by atoms with van der Waals surface area (Å²) in [5.41, 5.74) is 1.17. The zero-order valence-electron chi connectivity index (χ0n) is 13.8. The van der Waals surface area contributed by atoms with E-state index in [9.17, 15) is 0 Å². The lowest BCUT2D eigenvalue weighted by atomic mass is 10.2. The minimum Gasteiger partial charge on any atom is -0.494 e. The molecule has 0 aliphatic heterocycles. The first-order valence-electron chi connectivity index (χ1n) is 8.17. The molecule has 0 aliphatic rings. The molecule has 1 heterocycles. The van der Waals surface area contributed by atoms with Crippen LogP contribution in [-0.4, -0.2) is 36.1 Å². The highest BCUT2D eigenvalue weighted by molar-refractivity contribution is 7.15. The maximum absolute atomic E-state index is 5.82. The molecule has 1 aromatic heterocycles. The van der Waals surface area contributed by atoms with Crippen LogP contribution in [0.15, 0.2) is 30.5 Å². The van der Waals surface area contributed by atoms with E-state index in [4.69, 9.17) is 4.74 Å². The Morgan fingerprint density at radius 3 is 2.41 bits per heavy atom. The van der Waals surface area contributed by atoms with Gasteiger partial charge in [-0.2, -0.15) is 0 Å². The van der Waals surface area contributed by atoms with Gasteiger partial charge >= 0.3 is 0 Å². The SMILES string of the molecule is CCc1cnc(-c2ccc(OCCCN(CC)CC)cc2)s1. The lowest BCUT2D eigenvalue weighted by Crippen LogP contribution is -2.25. The first-order valence-corrected chi connectivity index (χ1v) is 8.98. The van der Waals surface area contributed by atoms with Gasteiger partial charge in [0.1, 0.15) is 10.8 Å². The normalized spacial score (nSPS) is 11.1. The van der Waals surface area contributed by atoms with Crippen molar-refractivity contribution in [3.8, 4) is 16.3 Å². The third-order valence-electron chi connectivity index (χ3n) is 3.79. The van der Waals surface area contributed by atoms with Crippen molar-refractivity contribution in [3.05, 3.63) is 35.3 Å². The average molecular weight is 318 g/mol. The van der Waals surface area contributed by atoms with Crippen LogP contribution in [0.2, 0.25) is 0 Å². The summed E-state index contributed by atoms with van der Waals surface area (Å²) in [6.45, 7) is 10.7. The molecule has 0 radical (unpaired) electrons. The summed E-state index contributed by atoms with van der Waals surface area (Å²) in [5, 5.41) is 1.09. The molecule has 4 heteroatoms. The van der Waals surface area contributed by atoms with Gasteiger partial charge < -0.3 is 9.64 Å². The second-order valence-corrected chi connectivity index (χ2v) is 6.35. The monoisotopic (exact) mass is 318 g/mol. The molecule has 1 aromatic carbocycles. The van der Waals surface area contributed by atoms with Gasteiger partial charge in [-0.05, 0) is 50.2 Å². The van der Waals surface area contributed by atoms with Crippen LogP contribution >= 0.6 is 11.3 Å². The van der Waals surface area contributed by atoms with Crippen molar-refractivity contribution in [2.75, 3.05) is 26.2 Å². The van der Waals surface area contributed by atoms with Crippen LogP contribution in [0, 0.1) is 0 Å². The second kappa shape index (κ2) is 8.91. The van der Waals surface area contributed by atoms with Gasteiger partial charge in [0.25, 0.3) is 0 Å². The lowest BCUT2D eigenvalue weighted by molar-refractivity contribution is 0.249. The molecule has 2 aromatic rings. The van der Waals surface area contributed by atoms with E-state index < -0.39 is 0 Å². The van der Waals surface area contributed by atoms with Crippen molar-refractivity contribution in [1.82, 2.24) is 9.88 Å². The first kappa shape index (κ1) is 17.0. The standard InChI is InChI=1S/C18H26N2OS/c1-4-17-14-19-18(22-17)15-8-10-16(11-9-15)21-13-7-12-20(5-2)6-3/h8-11,14H,4-7,12-13H2,1-3H3. The van der Waals surface area contributed by atoms with E-state index in [0.29, 0.717) is 0 Å². The van der Waals surface area contributed by atoms with Crippen molar-refractivity contribution < 1.29 is 4.74 Å². The highest BCUT2D eigenvalue weighted by atomic mass is 32.1. The minimum absolute atomic E-state index is 0.771. The molecule has 0 N–H and O–H groups in total. The largest absolute Gasteiger partial charge is 0.494 e. The van der Waals surface area contributed by atoms with Gasteiger partial charge in [-0.3, -0.25) is 0 Å². The molecule has 0 saturated heterocycles. The van der Waals surface area contributed by atoms with Gasteiger partial charge in [0.2, 0.25) is 0 Å². The zero-order chi connectivity index (χ0) is 15.8. The Hall–Kier alpha value is -1.39. The fourth-order valence-electron chi connectivity index (χ4n) is 2.32. The summed E-state index contributed by atoms with van der Waals surface area (Å²) in [5.74, 6) is 0.940. The molecule has 0 saturated carbocycles. The van der Waals surface area contributed by atoms with E-state index in [-0.39, 0.29) is 0 Å². The molecule has 0 fully saturated rings. The number of ether oxygens (including phenoxy) is 1. The van der Waals surface area contributed by atoms with Crippen LogP contribution in [0.25, 0.3) is 10.6 Å². The maximum atomic E-state index is 5.82. The molecule has 0 aliphatic carbocycles. The van der Waals surface area contributed by atoms with Crippen molar-refractivity contribution in [2.45, 2.75) is 33.6 Å². The fourth-order valence-corrected chi connectivity index (χ4v) is 3.17. The fraction of sp³-hybridized carbons (Fsp3) is 0.500. The van der Waals surface area contributed by atoms with Gasteiger partial charge in [-0.25, -0.2) is 4.98 Å². The molecule has 120 valence electrons. The summed E-state index contributed by atoms with van der Waals surface area (Å²) in [4.78, 5) is 8.22. The highest BCUT2D eigenvalue weighted by Crippen LogP contribution is 2.27. The summed E-state index contributed by atoms with van der Waals surface area (Å²) < 4.78 is 5.82. The maximum Gasteiger partial charge on any atom is 0.123 e. The van der Waals surface area contributed by atoms with Crippen LogP contribution < -0.4 is 4.74 Å². The molecule has 2 rings (SSSR count). The molecule has 0 spiro atoms. The summed E-state index contributed by atoms with van der Waals surface area (Å²) >= 11 is 1.76. The first-order chi connectivity index (χ1) is 10.8. The third-order valence-corrected chi connectivity index (χ3v) is 4.98. The molecule has 0 atom stereocenters. The number of aryl methyl sites for hydroxylation is 1. The van der Waals surface area contributed by atoms with Crippen LogP contribution in [-0.2, 0) is 6.42 Å². The number of hydrogen-bond acceptors (Lipinski definition) is 4.